The topological polar surface area (TPSA) is 68.9 Å². The summed E-state index contributed by atoms with van der Waals surface area (Å²) in [5.74, 6) is -0.266. The predicted molar refractivity (Wildman–Crippen MR) is 143 cm³/mol. The normalized spacial score (nSPS) is 11.9. The number of amides is 1. The molecular formula is C29H25ClN4O2. The van der Waals surface area contributed by atoms with Crippen LogP contribution in [0.2, 0.25) is 5.02 Å². The molecule has 7 heteroatoms. The molecule has 0 saturated carbocycles. The van der Waals surface area contributed by atoms with Gasteiger partial charge in [-0.2, -0.15) is 0 Å². The van der Waals surface area contributed by atoms with Crippen LogP contribution in [0.15, 0.2) is 102 Å². The number of fused-ring (bicyclic) bond motifs is 1. The van der Waals surface area contributed by atoms with E-state index in [1.165, 1.54) is 0 Å². The van der Waals surface area contributed by atoms with Crippen molar-refractivity contribution in [1.82, 2.24) is 19.4 Å². The molecule has 1 atom stereocenters. The molecule has 0 radical (unpaired) electrons. The van der Waals surface area contributed by atoms with Crippen molar-refractivity contribution in [2.24, 2.45) is 0 Å². The standard InChI is InChI=1S/C29H25ClN4O2/c1-2-24(20-10-5-3-6-11-20)32-28(35)27-22-14-9-15-23(30)26(22)29(36)34(21-12-7-4-8-13-21)25(27)18-33-17-16-31-19-33/h3-17,19,24H,2,18H2,1H3,(H,32,35)/t24-/m0/s1. The third kappa shape index (κ3) is 4.43. The number of rotatable bonds is 7. The zero-order chi connectivity index (χ0) is 25.1. The van der Waals surface area contributed by atoms with Crippen LogP contribution in [0.1, 0.15) is 41.0 Å². The number of halogens is 1. The lowest BCUT2D eigenvalue weighted by atomic mass is 9.99. The lowest BCUT2D eigenvalue weighted by molar-refractivity contribution is 0.0935. The summed E-state index contributed by atoms with van der Waals surface area (Å²) in [7, 11) is 0. The number of aromatic nitrogens is 3. The molecule has 3 aromatic carbocycles. The summed E-state index contributed by atoms with van der Waals surface area (Å²) >= 11 is 6.56. The Morgan fingerprint density at radius 2 is 1.72 bits per heavy atom. The number of pyridine rings is 1. The maximum absolute atomic E-state index is 14.1. The Balaban J connectivity index is 1.78. The van der Waals surface area contributed by atoms with Gasteiger partial charge in [0.25, 0.3) is 11.5 Å². The first-order valence-electron chi connectivity index (χ1n) is 11.8. The molecule has 0 aliphatic heterocycles. The molecule has 5 rings (SSSR count). The fourth-order valence-corrected chi connectivity index (χ4v) is 4.85. The number of carbonyl (C=O) groups is 1. The van der Waals surface area contributed by atoms with Crippen molar-refractivity contribution in [2.45, 2.75) is 25.9 Å². The Morgan fingerprint density at radius 1 is 1.00 bits per heavy atom. The minimum Gasteiger partial charge on any atom is -0.345 e. The number of benzene rings is 3. The average Bonchev–Trinajstić information content (AvgIpc) is 3.41. The van der Waals surface area contributed by atoms with Gasteiger partial charge in [0.05, 0.1) is 40.6 Å². The first kappa shape index (κ1) is 23.6. The van der Waals surface area contributed by atoms with Crippen LogP contribution in [0, 0.1) is 0 Å². The fourth-order valence-electron chi connectivity index (χ4n) is 4.59. The molecule has 180 valence electrons. The van der Waals surface area contributed by atoms with E-state index in [1.807, 2.05) is 78.4 Å². The van der Waals surface area contributed by atoms with Crippen molar-refractivity contribution in [3.8, 4) is 5.69 Å². The monoisotopic (exact) mass is 496 g/mol. The molecule has 1 amide bonds. The van der Waals surface area contributed by atoms with Crippen LogP contribution >= 0.6 is 11.6 Å². The van der Waals surface area contributed by atoms with E-state index < -0.39 is 0 Å². The number of para-hydroxylation sites is 1. The number of hydrogen-bond donors (Lipinski definition) is 1. The highest BCUT2D eigenvalue weighted by Gasteiger charge is 2.25. The number of imidazole rings is 1. The molecule has 0 unspecified atom stereocenters. The lowest BCUT2D eigenvalue weighted by Crippen LogP contribution is -2.33. The minimum absolute atomic E-state index is 0.189. The maximum atomic E-state index is 14.1. The van der Waals surface area contributed by atoms with E-state index in [0.717, 1.165) is 5.56 Å². The average molecular weight is 497 g/mol. The largest absolute Gasteiger partial charge is 0.345 e. The van der Waals surface area contributed by atoms with Gasteiger partial charge in [-0.15, -0.1) is 0 Å². The van der Waals surface area contributed by atoms with Gasteiger partial charge in [0.2, 0.25) is 0 Å². The quantitative estimate of drug-likeness (QED) is 0.311. The van der Waals surface area contributed by atoms with Gasteiger partial charge < -0.3 is 9.88 Å². The van der Waals surface area contributed by atoms with Gasteiger partial charge in [-0.25, -0.2) is 4.98 Å². The molecule has 2 heterocycles. The summed E-state index contributed by atoms with van der Waals surface area (Å²) in [6.45, 7) is 2.31. The van der Waals surface area contributed by atoms with Crippen LogP contribution in [-0.4, -0.2) is 20.0 Å². The molecule has 0 aliphatic rings. The van der Waals surface area contributed by atoms with Gasteiger partial charge in [0.15, 0.2) is 0 Å². The van der Waals surface area contributed by atoms with Crippen LogP contribution < -0.4 is 10.9 Å². The molecule has 0 bridgehead atoms. The third-order valence-corrected chi connectivity index (χ3v) is 6.62. The number of hydrogen-bond acceptors (Lipinski definition) is 3. The van der Waals surface area contributed by atoms with Crippen LogP contribution in [-0.2, 0) is 6.54 Å². The summed E-state index contributed by atoms with van der Waals surface area (Å²) in [5, 5.41) is 4.35. The molecule has 6 nitrogen and oxygen atoms in total. The van der Waals surface area contributed by atoms with Crippen LogP contribution in [0.3, 0.4) is 0 Å². The summed E-state index contributed by atoms with van der Waals surface area (Å²) in [5.41, 5.74) is 2.37. The minimum atomic E-state index is -0.274. The van der Waals surface area contributed by atoms with E-state index in [2.05, 4.69) is 10.3 Å². The van der Waals surface area contributed by atoms with Crippen LogP contribution in [0.25, 0.3) is 16.5 Å². The number of nitrogens with one attached hydrogen (secondary N) is 1. The second kappa shape index (κ2) is 10.2. The van der Waals surface area contributed by atoms with E-state index in [-0.39, 0.29) is 24.1 Å². The Morgan fingerprint density at radius 3 is 2.39 bits per heavy atom. The van der Waals surface area contributed by atoms with E-state index >= 15 is 0 Å². The van der Waals surface area contributed by atoms with Gasteiger partial charge in [-0.1, -0.05) is 79.2 Å². The van der Waals surface area contributed by atoms with Crippen molar-refractivity contribution in [3.05, 3.63) is 130 Å². The van der Waals surface area contributed by atoms with Gasteiger partial charge in [0.1, 0.15) is 0 Å². The van der Waals surface area contributed by atoms with Crippen LogP contribution in [0.5, 0.6) is 0 Å². The van der Waals surface area contributed by atoms with E-state index in [0.29, 0.717) is 39.2 Å². The van der Waals surface area contributed by atoms with Gasteiger partial charge in [-0.05, 0) is 30.2 Å². The number of carbonyl (C=O) groups excluding carboxylic acids is 1. The van der Waals surface area contributed by atoms with Gasteiger partial charge in [0, 0.05) is 23.5 Å². The van der Waals surface area contributed by atoms with E-state index in [1.54, 1.807) is 35.3 Å². The van der Waals surface area contributed by atoms with Crippen LogP contribution in [0.4, 0.5) is 0 Å². The zero-order valence-corrected chi connectivity index (χ0v) is 20.5. The maximum Gasteiger partial charge on any atom is 0.264 e. The second-order valence-corrected chi connectivity index (χ2v) is 8.95. The Kier molecular flexibility index (Phi) is 6.69. The lowest BCUT2D eigenvalue weighted by Gasteiger charge is -2.23. The third-order valence-electron chi connectivity index (χ3n) is 6.31. The molecule has 36 heavy (non-hydrogen) atoms. The number of nitrogens with zero attached hydrogens (tertiary/aromatic N) is 3. The van der Waals surface area contributed by atoms with Crippen molar-refractivity contribution < 1.29 is 4.79 Å². The SMILES string of the molecule is CC[C@H](NC(=O)c1c(Cn2ccnc2)n(-c2ccccc2)c(=O)c2c(Cl)cccc12)c1ccccc1. The Hall–Kier alpha value is -4.16. The summed E-state index contributed by atoms with van der Waals surface area (Å²) in [6, 6.07) is 24.2. The highest BCUT2D eigenvalue weighted by Crippen LogP contribution is 2.29. The Labute approximate surface area is 213 Å². The first-order chi connectivity index (χ1) is 17.6. The van der Waals surface area contributed by atoms with Gasteiger partial charge in [-0.3, -0.25) is 14.2 Å². The zero-order valence-electron chi connectivity index (χ0n) is 19.8. The van der Waals surface area contributed by atoms with Crippen molar-refractivity contribution in [1.29, 1.82) is 0 Å². The Bertz CT molecular complexity index is 1560. The highest BCUT2D eigenvalue weighted by molar-refractivity contribution is 6.36. The highest BCUT2D eigenvalue weighted by atomic mass is 35.5. The van der Waals surface area contributed by atoms with Crippen molar-refractivity contribution >= 4 is 28.3 Å². The summed E-state index contributed by atoms with van der Waals surface area (Å²) in [4.78, 5) is 32.1. The summed E-state index contributed by atoms with van der Waals surface area (Å²) < 4.78 is 3.43. The molecule has 0 aliphatic carbocycles. The molecule has 5 aromatic rings. The predicted octanol–water partition coefficient (Wildman–Crippen LogP) is 5.77. The molecule has 0 fully saturated rings. The fraction of sp³-hybridized carbons (Fsp3) is 0.138. The second-order valence-electron chi connectivity index (χ2n) is 8.54. The first-order valence-corrected chi connectivity index (χ1v) is 12.2. The van der Waals surface area contributed by atoms with Gasteiger partial charge >= 0.3 is 0 Å². The van der Waals surface area contributed by atoms with E-state index in [4.69, 9.17) is 11.6 Å². The van der Waals surface area contributed by atoms with Crippen molar-refractivity contribution in [2.75, 3.05) is 0 Å². The molecule has 1 N–H and O–H groups in total. The molecule has 2 aromatic heterocycles. The molecule has 0 spiro atoms. The summed E-state index contributed by atoms with van der Waals surface area (Å²) in [6.07, 6.45) is 5.86. The molecular weight excluding hydrogens is 472 g/mol. The van der Waals surface area contributed by atoms with E-state index in [9.17, 15) is 9.59 Å². The van der Waals surface area contributed by atoms with Crippen molar-refractivity contribution in [3.63, 3.8) is 0 Å². The smallest absolute Gasteiger partial charge is 0.264 e. The molecule has 0 saturated heterocycles.